The van der Waals surface area contributed by atoms with E-state index in [0.717, 1.165) is 0 Å². The molecular formula is C8H8N2O2. The standard InChI is InChI=1S/C8H8N2O2/c1-2-5-12-8(11)7(6-10)3-4-9/h2,7H,1,3,5H2. The van der Waals surface area contributed by atoms with E-state index in [-0.39, 0.29) is 13.0 Å². The predicted octanol–water partition coefficient (Wildman–Crippen LogP) is 0.769. The van der Waals surface area contributed by atoms with E-state index in [1.165, 1.54) is 6.08 Å². The summed E-state index contributed by atoms with van der Waals surface area (Å²) in [5.74, 6) is -1.64. The highest BCUT2D eigenvalue weighted by atomic mass is 16.5. The highest BCUT2D eigenvalue weighted by molar-refractivity contribution is 5.75. The number of carbonyl (C=O) groups excluding carboxylic acids is 1. The summed E-state index contributed by atoms with van der Waals surface area (Å²) < 4.78 is 4.57. The molecule has 4 nitrogen and oxygen atoms in total. The molecule has 0 fully saturated rings. The van der Waals surface area contributed by atoms with Crippen molar-refractivity contribution in [3.8, 4) is 12.1 Å². The van der Waals surface area contributed by atoms with Crippen LogP contribution in [0.2, 0.25) is 0 Å². The maximum absolute atomic E-state index is 10.9. The number of hydrogen-bond donors (Lipinski definition) is 0. The van der Waals surface area contributed by atoms with Gasteiger partial charge in [0.05, 0.1) is 18.6 Å². The number of ether oxygens (including phenoxy) is 1. The molecule has 12 heavy (non-hydrogen) atoms. The van der Waals surface area contributed by atoms with Gasteiger partial charge in [0.15, 0.2) is 5.92 Å². The van der Waals surface area contributed by atoms with Gasteiger partial charge in [-0.3, -0.25) is 4.79 Å². The van der Waals surface area contributed by atoms with Crippen molar-refractivity contribution in [2.45, 2.75) is 6.42 Å². The van der Waals surface area contributed by atoms with E-state index < -0.39 is 11.9 Å². The fourth-order valence-corrected chi connectivity index (χ4v) is 0.515. The molecule has 1 atom stereocenters. The van der Waals surface area contributed by atoms with Crippen molar-refractivity contribution >= 4 is 5.97 Å². The fraction of sp³-hybridized carbons (Fsp3) is 0.375. The lowest BCUT2D eigenvalue weighted by Gasteiger charge is -2.02. The van der Waals surface area contributed by atoms with Crippen LogP contribution >= 0.6 is 0 Å². The largest absolute Gasteiger partial charge is 0.460 e. The third-order valence-corrected chi connectivity index (χ3v) is 1.08. The highest BCUT2D eigenvalue weighted by Gasteiger charge is 2.18. The first-order valence-electron chi connectivity index (χ1n) is 3.30. The third-order valence-electron chi connectivity index (χ3n) is 1.08. The van der Waals surface area contributed by atoms with Gasteiger partial charge in [-0.1, -0.05) is 12.7 Å². The van der Waals surface area contributed by atoms with Crippen molar-refractivity contribution in [2.24, 2.45) is 5.92 Å². The minimum Gasteiger partial charge on any atom is -0.460 e. The molecule has 0 aliphatic carbocycles. The zero-order valence-electron chi connectivity index (χ0n) is 6.49. The lowest BCUT2D eigenvalue weighted by Crippen LogP contribution is -2.15. The Morgan fingerprint density at radius 3 is 2.75 bits per heavy atom. The molecule has 0 aliphatic rings. The SMILES string of the molecule is C=CCOC(=O)C(C#N)CC#N. The Labute approximate surface area is 70.7 Å². The fourth-order valence-electron chi connectivity index (χ4n) is 0.515. The lowest BCUT2D eigenvalue weighted by atomic mass is 10.1. The molecule has 0 N–H and O–H groups in total. The van der Waals surface area contributed by atoms with E-state index in [4.69, 9.17) is 10.5 Å². The molecule has 62 valence electrons. The van der Waals surface area contributed by atoms with Crippen molar-refractivity contribution in [3.63, 3.8) is 0 Å². The molecule has 0 aromatic heterocycles. The first-order valence-corrected chi connectivity index (χ1v) is 3.30. The zero-order chi connectivity index (χ0) is 9.40. The average Bonchev–Trinajstić information content (AvgIpc) is 2.10. The second-order valence-electron chi connectivity index (χ2n) is 1.96. The summed E-state index contributed by atoms with van der Waals surface area (Å²) >= 11 is 0. The summed E-state index contributed by atoms with van der Waals surface area (Å²) in [7, 11) is 0. The lowest BCUT2D eigenvalue weighted by molar-refractivity contribution is -0.145. The predicted molar refractivity (Wildman–Crippen MR) is 40.5 cm³/mol. The van der Waals surface area contributed by atoms with E-state index in [2.05, 4.69) is 11.3 Å². The zero-order valence-corrected chi connectivity index (χ0v) is 6.49. The third kappa shape index (κ3) is 3.38. The molecule has 0 radical (unpaired) electrons. The van der Waals surface area contributed by atoms with E-state index in [9.17, 15) is 4.79 Å². The van der Waals surface area contributed by atoms with Gasteiger partial charge >= 0.3 is 5.97 Å². The minimum atomic E-state index is -0.977. The van der Waals surface area contributed by atoms with Crippen LogP contribution in [0.5, 0.6) is 0 Å². The van der Waals surface area contributed by atoms with Gasteiger partial charge in [-0.15, -0.1) is 0 Å². The second-order valence-corrected chi connectivity index (χ2v) is 1.96. The first kappa shape index (κ1) is 10.2. The molecule has 0 saturated carbocycles. The van der Waals surface area contributed by atoms with Gasteiger partial charge < -0.3 is 4.74 Å². The highest BCUT2D eigenvalue weighted by Crippen LogP contribution is 2.02. The van der Waals surface area contributed by atoms with Gasteiger partial charge in [0, 0.05) is 0 Å². The number of nitrogens with zero attached hydrogens (tertiary/aromatic N) is 2. The number of esters is 1. The van der Waals surface area contributed by atoms with Crippen LogP contribution in [0, 0.1) is 28.6 Å². The minimum absolute atomic E-state index is 0.0719. The van der Waals surface area contributed by atoms with Crippen LogP contribution in [0.3, 0.4) is 0 Å². The van der Waals surface area contributed by atoms with Crippen LogP contribution in [-0.2, 0) is 9.53 Å². The van der Waals surface area contributed by atoms with E-state index in [1.807, 2.05) is 0 Å². The Hall–Kier alpha value is -1.81. The summed E-state index contributed by atoms with van der Waals surface area (Å²) in [5, 5.41) is 16.6. The maximum Gasteiger partial charge on any atom is 0.324 e. The van der Waals surface area contributed by atoms with Crippen LogP contribution in [-0.4, -0.2) is 12.6 Å². The molecule has 0 aromatic carbocycles. The molecule has 0 heterocycles. The van der Waals surface area contributed by atoms with Crippen LogP contribution < -0.4 is 0 Å². The molecule has 4 heteroatoms. The normalized spacial score (nSPS) is 10.5. The van der Waals surface area contributed by atoms with Crippen molar-refractivity contribution in [1.29, 1.82) is 10.5 Å². The molecule has 0 spiro atoms. The molecule has 0 aliphatic heterocycles. The summed E-state index contributed by atoms with van der Waals surface area (Å²) in [4.78, 5) is 10.9. The van der Waals surface area contributed by atoms with Crippen molar-refractivity contribution in [3.05, 3.63) is 12.7 Å². The molecular weight excluding hydrogens is 156 g/mol. The van der Waals surface area contributed by atoms with Crippen molar-refractivity contribution < 1.29 is 9.53 Å². The molecule has 0 bridgehead atoms. The Morgan fingerprint density at radius 1 is 1.67 bits per heavy atom. The Morgan fingerprint density at radius 2 is 2.33 bits per heavy atom. The molecule has 1 unspecified atom stereocenters. The summed E-state index contributed by atoms with van der Waals surface area (Å²) in [6, 6.07) is 3.41. The molecule has 0 saturated heterocycles. The van der Waals surface area contributed by atoms with E-state index in [1.54, 1.807) is 12.1 Å². The number of carbonyl (C=O) groups is 1. The van der Waals surface area contributed by atoms with Gasteiger partial charge in [-0.2, -0.15) is 10.5 Å². The van der Waals surface area contributed by atoms with Crippen molar-refractivity contribution in [1.82, 2.24) is 0 Å². The topological polar surface area (TPSA) is 73.9 Å². The number of nitriles is 2. The Bertz CT molecular complexity index is 247. The summed E-state index contributed by atoms with van der Waals surface area (Å²) in [5.41, 5.74) is 0. The monoisotopic (exact) mass is 164 g/mol. The van der Waals surface area contributed by atoms with Gasteiger partial charge in [-0.25, -0.2) is 0 Å². The van der Waals surface area contributed by atoms with Gasteiger partial charge in [0.1, 0.15) is 6.61 Å². The molecule has 0 amide bonds. The summed E-state index contributed by atoms with van der Waals surface area (Å²) in [6.07, 6.45) is 1.27. The van der Waals surface area contributed by atoms with Crippen LogP contribution in [0.4, 0.5) is 0 Å². The van der Waals surface area contributed by atoms with Crippen LogP contribution in [0.15, 0.2) is 12.7 Å². The molecule has 0 aromatic rings. The Kier molecular flexibility index (Phi) is 5.04. The smallest absolute Gasteiger partial charge is 0.324 e. The number of rotatable bonds is 4. The number of hydrogen-bond acceptors (Lipinski definition) is 4. The van der Waals surface area contributed by atoms with Gasteiger partial charge in [0.2, 0.25) is 0 Å². The van der Waals surface area contributed by atoms with Crippen LogP contribution in [0.25, 0.3) is 0 Å². The quantitative estimate of drug-likeness (QED) is 0.454. The van der Waals surface area contributed by atoms with Crippen LogP contribution in [0.1, 0.15) is 6.42 Å². The van der Waals surface area contributed by atoms with E-state index >= 15 is 0 Å². The molecule has 0 rings (SSSR count). The summed E-state index contributed by atoms with van der Waals surface area (Å²) in [6.45, 7) is 3.41. The van der Waals surface area contributed by atoms with E-state index in [0.29, 0.717) is 0 Å². The first-order chi connectivity index (χ1) is 5.76. The average molecular weight is 164 g/mol. The van der Waals surface area contributed by atoms with Gasteiger partial charge in [0.25, 0.3) is 0 Å². The van der Waals surface area contributed by atoms with Crippen molar-refractivity contribution in [2.75, 3.05) is 6.61 Å². The maximum atomic E-state index is 10.9. The second kappa shape index (κ2) is 5.94. The van der Waals surface area contributed by atoms with Gasteiger partial charge in [-0.05, 0) is 0 Å². The Balaban J connectivity index is 3.98.